The van der Waals surface area contributed by atoms with Crippen LogP contribution in [-0.2, 0) is 4.74 Å². The van der Waals surface area contributed by atoms with Crippen molar-refractivity contribution in [2.75, 3.05) is 17.7 Å². The quantitative estimate of drug-likeness (QED) is 0.734. The Morgan fingerprint density at radius 2 is 1.70 bits per heavy atom. The molecule has 2 aromatic heterocycles. The first-order valence-corrected chi connectivity index (χ1v) is 7.96. The van der Waals surface area contributed by atoms with Gasteiger partial charge in [0.05, 0.1) is 7.11 Å². The van der Waals surface area contributed by atoms with Crippen molar-refractivity contribution in [3.63, 3.8) is 0 Å². The van der Waals surface area contributed by atoms with Gasteiger partial charge in [-0.2, -0.15) is 5.26 Å². The molecular formula is C19H16N4O4. The van der Waals surface area contributed by atoms with Crippen molar-refractivity contribution in [2.24, 2.45) is 0 Å². The fraction of sp³-hybridized carbons (Fsp3) is 0.105. The second-order valence-corrected chi connectivity index (χ2v) is 5.56. The summed E-state index contributed by atoms with van der Waals surface area (Å²) < 4.78 is 11.8. The molecule has 0 fully saturated rings. The van der Waals surface area contributed by atoms with Crippen LogP contribution in [0.1, 0.15) is 21.7 Å². The highest BCUT2D eigenvalue weighted by atomic mass is 16.5. The number of nitrogens with one attached hydrogen (secondary N) is 2. The highest BCUT2D eigenvalue weighted by Gasteiger charge is 2.24. The molecule has 0 bridgehead atoms. The van der Waals surface area contributed by atoms with Gasteiger partial charge in [-0.1, -0.05) is 0 Å². The van der Waals surface area contributed by atoms with E-state index in [1.807, 2.05) is 6.07 Å². The van der Waals surface area contributed by atoms with Gasteiger partial charge in [0.1, 0.15) is 23.0 Å². The third kappa shape index (κ3) is 3.67. The van der Waals surface area contributed by atoms with Gasteiger partial charge in [0, 0.05) is 23.8 Å². The van der Waals surface area contributed by atoms with Gasteiger partial charge in [-0.05, 0) is 43.3 Å². The molecule has 2 amide bonds. The Balaban J connectivity index is 1.83. The Hall–Kier alpha value is -3.99. The molecule has 1 aromatic carbocycles. The number of benzene rings is 1. The predicted molar refractivity (Wildman–Crippen MR) is 97.9 cm³/mol. The van der Waals surface area contributed by atoms with Crippen LogP contribution in [0.25, 0.3) is 5.88 Å². The summed E-state index contributed by atoms with van der Waals surface area (Å²) >= 11 is 0. The van der Waals surface area contributed by atoms with Gasteiger partial charge in [0.2, 0.25) is 5.88 Å². The number of furan rings is 1. The van der Waals surface area contributed by atoms with Crippen LogP contribution in [0.5, 0.6) is 0 Å². The number of carbonyl (C=O) groups excluding carboxylic acids is 2. The minimum absolute atomic E-state index is 0.158. The zero-order valence-electron chi connectivity index (χ0n) is 14.6. The van der Waals surface area contributed by atoms with Gasteiger partial charge in [-0.3, -0.25) is 14.7 Å². The van der Waals surface area contributed by atoms with Crippen LogP contribution in [0.15, 0.2) is 53.2 Å². The number of nitrogens with zero attached hydrogens (tertiary/aromatic N) is 2. The van der Waals surface area contributed by atoms with Crippen LogP contribution in [0.2, 0.25) is 0 Å². The molecule has 27 heavy (non-hydrogen) atoms. The molecule has 0 saturated carbocycles. The minimum atomic E-state index is -0.586. The Morgan fingerprint density at radius 3 is 2.26 bits per heavy atom. The summed E-state index contributed by atoms with van der Waals surface area (Å²) in [5.41, 5.74) is 1.36. The average molecular weight is 364 g/mol. The lowest BCUT2D eigenvalue weighted by atomic mass is 10.1. The van der Waals surface area contributed by atoms with Crippen LogP contribution < -0.4 is 10.6 Å². The maximum Gasteiger partial charge on any atom is 0.411 e. The van der Waals surface area contributed by atoms with Gasteiger partial charge in [0.25, 0.3) is 5.91 Å². The summed E-state index contributed by atoms with van der Waals surface area (Å²) in [7, 11) is 1.27. The number of methoxy groups -OCH3 is 1. The molecular weight excluding hydrogens is 348 g/mol. The van der Waals surface area contributed by atoms with Gasteiger partial charge >= 0.3 is 6.09 Å². The van der Waals surface area contributed by atoms with Gasteiger partial charge < -0.3 is 14.5 Å². The number of ether oxygens (including phenoxy) is 1. The zero-order valence-corrected chi connectivity index (χ0v) is 14.6. The van der Waals surface area contributed by atoms with Crippen molar-refractivity contribution >= 4 is 23.4 Å². The fourth-order valence-electron chi connectivity index (χ4n) is 2.56. The molecule has 136 valence electrons. The summed E-state index contributed by atoms with van der Waals surface area (Å²) in [5, 5.41) is 14.8. The predicted octanol–water partition coefficient (Wildman–Crippen LogP) is 3.68. The second-order valence-electron chi connectivity index (χ2n) is 5.56. The first-order chi connectivity index (χ1) is 13.0. The number of anilines is 2. The Bertz CT molecular complexity index is 1010. The molecule has 8 heteroatoms. The minimum Gasteiger partial charge on any atom is -0.453 e. The van der Waals surface area contributed by atoms with E-state index in [0.29, 0.717) is 23.0 Å². The number of carbonyl (C=O) groups is 2. The van der Waals surface area contributed by atoms with Crippen molar-refractivity contribution in [1.82, 2.24) is 4.57 Å². The molecule has 3 rings (SSSR count). The SMILES string of the molecule is COC(=O)Nc1ccc(NC(=O)c2c(C)oc(-n3cccc3)c2C#N)cc1. The molecule has 0 radical (unpaired) electrons. The largest absolute Gasteiger partial charge is 0.453 e. The van der Waals surface area contributed by atoms with E-state index in [9.17, 15) is 14.9 Å². The molecule has 0 atom stereocenters. The van der Waals surface area contributed by atoms with Crippen molar-refractivity contribution in [2.45, 2.75) is 6.92 Å². The summed E-state index contributed by atoms with van der Waals surface area (Å²) in [6.07, 6.45) is 2.87. The molecule has 2 heterocycles. The number of hydrogen-bond donors (Lipinski definition) is 2. The smallest absolute Gasteiger partial charge is 0.411 e. The Kier molecular flexibility index (Phi) is 4.95. The Morgan fingerprint density at radius 1 is 1.11 bits per heavy atom. The van der Waals surface area contributed by atoms with Crippen LogP contribution in [-0.4, -0.2) is 23.7 Å². The van der Waals surface area contributed by atoms with E-state index in [-0.39, 0.29) is 11.1 Å². The lowest BCUT2D eigenvalue weighted by Gasteiger charge is -2.07. The highest BCUT2D eigenvalue weighted by Crippen LogP contribution is 2.26. The number of hydrogen-bond acceptors (Lipinski definition) is 5. The maximum atomic E-state index is 12.7. The molecule has 0 aliphatic rings. The number of amides is 2. The number of aromatic nitrogens is 1. The number of nitriles is 1. The fourth-order valence-corrected chi connectivity index (χ4v) is 2.56. The van der Waals surface area contributed by atoms with Gasteiger partial charge in [0.15, 0.2) is 0 Å². The first kappa shape index (κ1) is 17.8. The van der Waals surface area contributed by atoms with Crippen LogP contribution in [0.3, 0.4) is 0 Å². The average Bonchev–Trinajstić information content (AvgIpc) is 3.30. The van der Waals surface area contributed by atoms with Crippen molar-refractivity contribution in [1.29, 1.82) is 5.26 Å². The lowest BCUT2D eigenvalue weighted by Crippen LogP contribution is -2.14. The zero-order chi connectivity index (χ0) is 19.4. The van der Waals surface area contributed by atoms with E-state index in [0.717, 1.165) is 0 Å². The summed E-state index contributed by atoms with van der Waals surface area (Å²) in [4.78, 5) is 23.9. The number of aryl methyl sites for hydroxylation is 1. The van der Waals surface area contributed by atoms with E-state index < -0.39 is 12.0 Å². The normalized spacial score (nSPS) is 10.1. The highest BCUT2D eigenvalue weighted by molar-refractivity contribution is 6.07. The Labute approximate surface area is 155 Å². The van der Waals surface area contributed by atoms with Gasteiger partial charge in [-0.15, -0.1) is 0 Å². The third-order valence-electron chi connectivity index (χ3n) is 3.82. The summed E-state index contributed by atoms with van der Waals surface area (Å²) in [6.45, 7) is 1.63. The van der Waals surface area contributed by atoms with Gasteiger partial charge in [-0.25, -0.2) is 4.79 Å². The second kappa shape index (κ2) is 7.49. The molecule has 0 aliphatic carbocycles. The third-order valence-corrected chi connectivity index (χ3v) is 3.82. The monoisotopic (exact) mass is 364 g/mol. The van der Waals surface area contributed by atoms with Crippen molar-refractivity contribution < 1.29 is 18.7 Å². The summed E-state index contributed by atoms with van der Waals surface area (Å²) in [5.74, 6) is 0.180. The van der Waals surface area contributed by atoms with Crippen LogP contribution >= 0.6 is 0 Å². The van der Waals surface area contributed by atoms with Crippen LogP contribution in [0.4, 0.5) is 16.2 Å². The standard InChI is InChI=1S/C19H16N4O4/c1-12-16(15(11-20)18(27-12)23-9-3-4-10-23)17(24)21-13-5-7-14(8-6-13)22-19(25)26-2/h3-10H,1-2H3,(H,21,24)(H,22,25). The molecule has 0 aliphatic heterocycles. The molecule has 0 spiro atoms. The molecule has 0 unspecified atom stereocenters. The van der Waals surface area contributed by atoms with E-state index in [2.05, 4.69) is 15.4 Å². The summed E-state index contributed by atoms with van der Waals surface area (Å²) in [6, 6.07) is 12.1. The first-order valence-electron chi connectivity index (χ1n) is 7.96. The molecule has 3 aromatic rings. The molecule has 2 N–H and O–H groups in total. The molecule has 8 nitrogen and oxygen atoms in total. The van der Waals surface area contributed by atoms with E-state index >= 15 is 0 Å². The topological polar surface area (TPSA) is 109 Å². The maximum absolute atomic E-state index is 12.7. The van der Waals surface area contributed by atoms with E-state index in [1.165, 1.54) is 7.11 Å². The number of rotatable bonds is 4. The van der Waals surface area contributed by atoms with E-state index in [1.54, 1.807) is 60.3 Å². The van der Waals surface area contributed by atoms with E-state index in [4.69, 9.17) is 4.42 Å². The van der Waals surface area contributed by atoms with Crippen molar-refractivity contribution in [3.8, 4) is 12.0 Å². The molecule has 0 saturated heterocycles. The lowest BCUT2D eigenvalue weighted by molar-refractivity contribution is 0.102. The van der Waals surface area contributed by atoms with Crippen molar-refractivity contribution in [3.05, 3.63) is 65.7 Å². The van der Waals surface area contributed by atoms with Crippen LogP contribution in [0, 0.1) is 18.3 Å².